The molecular formula is C34H39ClN4O3. The van der Waals surface area contributed by atoms with E-state index < -0.39 is 23.6 Å². The van der Waals surface area contributed by atoms with Gasteiger partial charge in [0, 0.05) is 12.7 Å². The van der Waals surface area contributed by atoms with E-state index in [2.05, 4.69) is 83.6 Å². The molecule has 1 aliphatic heterocycles. The first kappa shape index (κ1) is 31.0. The fourth-order valence-corrected chi connectivity index (χ4v) is 6.14. The predicted octanol–water partition coefficient (Wildman–Crippen LogP) is 5.51. The minimum Gasteiger partial charge on any atom is -0.480 e. The molecule has 0 bridgehead atoms. The van der Waals surface area contributed by atoms with Gasteiger partial charge in [0.1, 0.15) is 11.6 Å². The van der Waals surface area contributed by atoms with Gasteiger partial charge in [-0.1, -0.05) is 97.9 Å². The second kappa shape index (κ2) is 13.8. The minimum absolute atomic E-state index is 0. The van der Waals surface area contributed by atoms with Gasteiger partial charge in [-0.05, 0) is 54.7 Å². The molecular weight excluding hydrogens is 548 g/mol. The van der Waals surface area contributed by atoms with Crippen molar-refractivity contribution in [1.29, 1.82) is 0 Å². The number of aromatic nitrogens is 2. The van der Waals surface area contributed by atoms with Crippen molar-refractivity contribution in [1.82, 2.24) is 14.5 Å². The van der Waals surface area contributed by atoms with Gasteiger partial charge in [0.25, 0.3) is 0 Å². The van der Waals surface area contributed by atoms with Crippen LogP contribution >= 0.6 is 12.4 Å². The van der Waals surface area contributed by atoms with Crippen LogP contribution in [0.2, 0.25) is 0 Å². The molecule has 1 aliphatic rings. The van der Waals surface area contributed by atoms with E-state index in [4.69, 9.17) is 10.7 Å². The summed E-state index contributed by atoms with van der Waals surface area (Å²) in [6.45, 7) is 2.47. The second-order valence-electron chi connectivity index (χ2n) is 11.1. The molecule has 1 aromatic heterocycles. The van der Waals surface area contributed by atoms with Crippen LogP contribution in [0.25, 0.3) is 0 Å². The zero-order chi connectivity index (χ0) is 28.8. The number of likely N-dealkylation sites (tertiary alicyclic amines) is 1. The van der Waals surface area contributed by atoms with Gasteiger partial charge in [0.05, 0.1) is 18.1 Å². The van der Waals surface area contributed by atoms with Crippen molar-refractivity contribution < 1.29 is 14.7 Å². The van der Waals surface area contributed by atoms with Crippen molar-refractivity contribution in [2.45, 2.75) is 56.7 Å². The number of hydrogen-bond donors (Lipinski definition) is 2. The fourth-order valence-electron chi connectivity index (χ4n) is 6.14. The number of piperidine rings is 1. The van der Waals surface area contributed by atoms with Crippen LogP contribution < -0.4 is 5.73 Å². The Morgan fingerprint density at radius 2 is 1.48 bits per heavy atom. The minimum atomic E-state index is -0.957. The number of hydrogen-bond acceptors (Lipinski definition) is 4. The van der Waals surface area contributed by atoms with Crippen molar-refractivity contribution in [2.24, 2.45) is 11.7 Å². The van der Waals surface area contributed by atoms with E-state index >= 15 is 0 Å². The number of nitrogens with zero attached hydrogens (tertiary/aromatic N) is 3. The molecule has 3 atom stereocenters. The Bertz CT molecular complexity index is 1350. The summed E-state index contributed by atoms with van der Waals surface area (Å²) < 4.78 is 2.18. The second-order valence-corrected chi connectivity index (χ2v) is 11.1. The van der Waals surface area contributed by atoms with Crippen molar-refractivity contribution in [3.05, 3.63) is 126 Å². The van der Waals surface area contributed by atoms with Crippen LogP contribution in [-0.2, 0) is 21.5 Å². The first-order valence-electron chi connectivity index (χ1n) is 14.4. The van der Waals surface area contributed by atoms with Gasteiger partial charge in [0.15, 0.2) is 0 Å². The maximum atomic E-state index is 13.1. The summed E-state index contributed by atoms with van der Waals surface area (Å²) in [5.41, 5.74) is 9.95. The Morgan fingerprint density at radius 3 is 1.98 bits per heavy atom. The average molecular weight is 587 g/mol. The van der Waals surface area contributed by atoms with E-state index in [0.29, 0.717) is 32.2 Å². The number of carboxylic acid groups (broad SMARTS) is 1. The molecule has 42 heavy (non-hydrogen) atoms. The van der Waals surface area contributed by atoms with Gasteiger partial charge < -0.3 is 20.3 Å². The van der Waals surface area contributed by atoms with Crippen molar-refractivity contribution in [3.8, 4) is 0 Å². The van der Waals surface area contributed by atoms with Crippen LogP contribution in [0.15, 0.2) is 104 Å². The highest BCUT2D eigenvalue weighted by Crippen LogP contribution is 2.40. The molecule has 1 amide bonds. The van der Waals surface area contributed by atoms with E-state index in [1.165, 1.54) is 4.90 Å². The van der Waals surface area contributed by atoms with E-state index in [-0.39, 0.29) is 24.2 Å². The van der Waals surface area contributed by atoms with Gasteiger partial charge in [-0.15, -0.1) is 12.4 Å². The molecule has 2 heterocycles. The number of imidazole rings is 1. The van der Waals surface area contributed by atoms with Crippen LogP contribution in [0.4, 0.5) is 0 Å². The van der Waals surface area contributed by atoms with Crippen LogP contribution in [-0.4, -0.2) is 50.1 Å². The summed E-state index contributed by atoms with van der Waals surface area (Å²) in [5, 5.41) is 9.65. The topological polar surface area (TPSA) is 101 Å². The Kier molecular flexibility index (Phi) is 10.2. The van der Waals surface area contributed by atoms with Gasteiger partial charge in [-0.25, -0.2) is 9.78 Å². The van der Waals surface area contributed by atoms with Gasteiger partial charge >= 0.3 is 5.97 Å². The molecule has 0 aliphatic carbocycles. The number of halogens is 1. The zero-order valence-electron chi connectivity index (χ0n) is 23.9. The molecule has 0 spiro atoms. The first-order chi connectivity index (χ1) is 19.9. The summed E-state index contributed by atoms with van der Waals surface area (Å²) in [7, 11) is 0. The highest BCUT2D eigenvalue weighted by Gasteiger charge is 2.39. The van der Waals surface area contributed by atoms with E-state index in [0.717, 1.165) is 28.8 Å². The Morgan fingerprint density at radius 1 is 0.952 bits per heavy atom. The third kappa shape index (κ3) is 6.27. The van der Waals surface area contributed by atoms with Gasteiger partial charge in [-0.3, -0.25) is 4.79 Å². The lowest BCUT2D eigenvalue weighted by atomic mass is 9.77. The van der Waals surface area contributed by atoms with Gasteiger partial charge in [-0.2, -0.15) is 0 Å². The quantitative estimate of drug-likeness (QED) is 0.239. The zero-order valence-corrected chi connectivity index (χ0v) is 24.7. The lowest BCUT2D eigenvalue weighted by molar-refractivity contribution is -0.153. The maximum Gasteiger partial charge on any atom is 0.326 e. The Balaban J connectivity index is 0.00000405. The number of carbonyl (C=O) groups excluding carboxylic acids is 1. The number of nitrogens with two attached hydrogens (primary N) is 1. The monoisotopic (exact) mass is 586 g/mol. The third-order valence-electron chi connectivity index (χ3n) is 8.30. The lowest BCUT2D eigenvalue weighted by Gasteiger charge is -2.37. The first-order valence-corrected chi connectivity index (χ1v) is 14.4. The lowest BCUT2D eigenvalue weighted by Crippen LogP contribution is -2.54. The van der Waals surface area contributed by atoms with Crippen LogP contribution in [0.1, 0.15) is 55.0 Å². The van der Waals surface area contributed by atoms with Crippen LogP contribution in [0.3, 0.4) is 0 Å². The molecule has 5 rings (SSSR count). The predicted molar refractivity (Wildman–Crippen MR) is 167 cm³/mol. The highest BCUT2D eigenvalue weighted by atomic mass is 35.5. The van der Waals surface area contributed by atoms with E-state index in [9.17, 15) is 14.7 Å². The van der Waals surface area contributed by atoms with Crippen LogP contribution in [0.5, 0.6) is 0 Å². The van der Waals surface area contributed by atoms with Crippen LogP contribution in [0, 0.1) is 5.92 Å². The number of rotatable bonds is 10. The largest absolute Gasteiger partial charge is 0.480 e. The molecule has 3 aromatic carbocycles. The molecule has 3 unspecified atom stereocenters. The standard InChI is InChI=1S/C34H38N4O3.ClH/c1-25-20-21-38(31(22-25)33(40)41)32(39)30(35)19-11-18-29-23-37(24-36-29)34(26-12-5-2-6-13-26,27-14-7-3-8-15-27)28-16-9-4-10-17-28;/h2-10,12-17,23-25,30-31H,11,18-22,35H2,1H3,(H,40,41);1H. The molecule has 7 nitrogen and oxygen atoms in total. The number of amides is 1. The summed E-state index contributed by atoms with van der Waals surface area (Å²) in [4.78, 5) is 31.1. The normalized spacial score (nSPS) is 17.7. The smallest absolute Gasteiger partial charge is 0.326 e. The van der Waals surface area contributed by atoms with E-state index in [1.807, 2.05) is 31.5 Å². The molecule has 0 saturated carbocycles. The SMILES string of the molecule is CC1CCN(C(=O)C(N)CCCc2cn(C(c3ccccc3)(c3ccccc3)c3ccccc3)cn2)C(C(=O)O)C1.Cl. The number of benzene rings is 3. The number of aryl methyl sites for hydroxylation is 1. The number of carboxylic acids is 1. The highest BCUT2D eigenvalue weighted by molar-refractivity contribution is 5.87. The summed E-state index contributed by atoms with van der Waals surface area (Å²) >= 11 is 0. The molecule has 8 heteroatoms. The molecule has 1 saturated heterocycles. The number of aliphatic carboxylic acids is 1. The maximum absolute atomic E-state index is 13.1. The molecule has 1 fully saturated rings. The van der Waals surface area contributed by atoms with Crippen molar-refractivity contribution >= 4 is 24.3 Å². The molecule has 3 N–H and O–H groups in total. The Labute approximate surface area is 253 Å². The van der Waals surface area contributed by atoms with Crippen molar-refractivity contribution in [3.63, 3.8) is 0 Å². The molecule has 4 aromatic rings. The summed E-state index contributed by atoms with van der Waals surface area (Å²) in [6, 6.07) is 29.8. The summed E-state index contributed by atoms with van der Waals surface area (Å²) in [6.07, 6.45) is 7.03. The number of carbonyl (C=O) groups is 2. The van der Waals surface area contributed by atoms with Gasteiger partial charge in [0.2, 0.25) is 5.91 Å². The fraction of sp³-hybridized carbons (Fsp3) is 0.324. The third-order valence-corrected chi connectivity index (χ3v) is 8.30. The summed E-state index contributed by atoms with van der Waals surface area (Å²) in [5.74, 6) is -0.950. The molecule has 0 radical (unpaired) electrons. The Hall–Kier alpha value is -3.94. The van der Waals surface area contributed by atoms with Crippen molar-refractivity contribution in [2.75, 3.05) is 6.54 Å². The van der Waals surface area contributed by atoms with E-state index in [1.54, 1.807) is 0 Å². The molecule has 220 valence electrons. The average Bonchev–Trinajstić information content (AvgIpc) is 3.47.